The topological polar surface area (TPSA) is 84.7 Å². The van der Waals surface area contributed by atoms with Gasteiger partial charge in [-0.15, -0.1) is 0 Å². The molecule has 1 N–H and O–H groups in total. The summed E-state index contributed by atoms with van der Waals surface area (Å²) in [5, 5.41) is 6.70. The van der Waals surface area contributed by atoms with Crippen molar-refractivity contribution >= 4 is 11.8 Å². The fraction of sp³-hybridized carbons (Fsp3) is 0.706. The van der Waals surface area contributed by atoms with E-state index in [2.05, 4.69) is 10.5 Å². The lowest BCUT2D eigenvalue weighted by Gasteiger charge is -2.26. The van der Waals surface area contributed by atoms with Gasteiger partial charge in [-0.3, -0.25) is 9.59 Å². The van der Waals surface area contributed by atoms with E-state index in [4.69, 9.17) is 9.26 Å². The van der Waals surface area contributed by atoms with Gasteiger partial charge in [-0.25, -0.2) is 0 Å². The summed E-state index contributed by atoms with van der Waals surface area (Å²) in [5.74, 6) is 0.274. The minimum Gasteiger partial charge on any atom is -0.376 e. The third kappa shape index (κ3) is 5.63. The van der Waals surface area contributed by atoms with Crippen LogP contribution in [0.1, 0.15) is 56.3 Å². The number of nitrogens with zero attached hydrogens (tertiary/aromatic N) is 2. The number of rotatable bonds is 6. The van der Waals surface area contributed by atoms with E-state index < -0.39 is 0 Å². The average Bonchev–Trinajstić information content (AvgIpc) is 3.12. The molecular weight excluding hydrogens is 310 g/mol. The van der Waals surface area contributed by atoms with E-state index in [1.807, 2.05) is 20.8 Å². The van der Waals surface area contributed by atoms with Gasteiger partial charge in [0.25, 0.3) is 5.91 Å². The Labute approximate surface area is 142 Å². The predicted octanol–water partition coefficient (Wildman–Crippen LogP) is 1.91. The quantitative estimate of drug-likeness (QED) is 0.857. The fourth-order valence-corrected chi connectivity index (χ4v) is 2.66. The molecule has 1 aliphatic rings. The Balaban J connectivity index is 1.99. The van der Waals surface area contributed by atoms with Crippen LogP contribution in [0, 0.1) is 6.92 Å². The van der Waals surface area contributed by atoms with Crippen LogP contribution in [0.15, 0.2) is 10.6 Å². The Kier molecular flexibility index (Phi) is 5.99. The molecule has 0 aromatic carbocycles. The van der Waals surface area contributed by atoms with Crippen LogP contribution >= 0.6 is 0 Å². The Morgan fingerprint density at radius 2 is 2.17 bits per heavy atom. The predicted molar refractivity (Wildman–Crippen MR) is 88.6 cm³/mol. The number of amides is 2. The third-order valence-electron chi connectivity index (χ3n) is 3.71. The van der Waals surface area contributed by atoms with Crippen LogP contribution in [0.4, 0.5) is 0 Å². The summed E-state index contributed by atoms with van der Waals surface area (Å²) in [6.07, 6.45) is 2.19. The molecule has 2 heterocycles. The molecule has 0 saturated carbocycles. The fourth-order valence-electron chi connectivity index (χ4n) is 2.66. The van der Waals surface area contributed by atoms with Gasteiger partial charge in [-0.1, -0.05) is 5.16 Å². The molecule has 1 aromatic heterocycles. The van der Waals surface area contributed by atoms with Crippen molar-refractivity contribution in [1.29, 1.82) is 0 Å². The first-order valence-corrected chi connectivity index (χ1v) is 8.40. The first kappa shape index (κ1) is 18.4. The van der Waals surface area contributed by atoms with Crippen LogP contribution in [-0.4, -0.2) is 53.2 Å². The molecule has 1 atom stereocenters. The van der Waals surface area contributed by atoms with Gasteiger partial charge in [0.1, 0.15) is 5.76 Å². The maximum Gasteiger partial charge on any atom is 0.276 e. The van der Waals surface area contributed by atoms with Crippen LogP contribution in [0.3, 0.4) is 0 Å². The number of hydrogen-bond acceptors (Lipinski definition) is 5. The van der Waals surface area contributed by atoms with E-state index in [0.29, 0.717) is 18.8 Å². The van der Waals surface area contributed by atoms with Crippen LogP contribution in [-0.2, 0) is 9.53 Å². The van der Waals surface area contributed by atoms with E-state index in [0.717, 1.165) is 19.4 Å². The van der Waals surface area contributed by atoms with Crippen LogP contribution in [0.25, 0.3) is 0 Å². The smallest absolute Gasteiger partial charge is 0.276 e. The van der Waals surface area contributed by atoms with Gasteiger partial charge in [0, 0.05) is 37.7 Å². The number of carbonyl (C=O) groups excluding carboxylic acids is 2. The summed E-state index contributed by atoms with van der Waals surface area (Å²) in [7, 11) is 0. The molecule has 24 heavy (non-hydrogen) atoms. The second kappa shape index (κ2) is 7.79. The lowest BCUT2D eigenvalue weighted by atomic mass is 10.1. The van der Waals surface area contributed by atoms with Gasteiger partial charge >= 0.3 is 0 Å². The summed E-state index contributed by atoms with van der Waals surface area (Å²) < 4.78 is 10.6. The molecular formula is C17H27N3O4. The summed E-state index contributed by atoms with van der Waals surface area (Å²) in [5.41, 5.74) is -0.0225. The second-order valence-electron chi connectivity index (χ2n) is 7.26. The van der Waals surface area contributed by atoms with Crippen molar-refractivity contribution in [3.8, 4) is 0 Å². The lowest BCUT2D eigenvalue weighted by Crippen LogP contribution is -2.44. The SMILES string of the molecule is Cc1cc(C(=O)N(CCC(=O)NC(C)(C)C)CC2CCCO2)no1. The van der Waals surface area contributed by atoms with Crippen LogP contribution < -0.4 is 5.32 Å². The zero-order valence-electron chi connectivity index (χ0n) is 14.9. The molecule has 1 unspecified atom stereocenters. The highest BCUT2D eigenvalue weighted by molar-refractivity contribution is 5.92. The number of ether oxygens (including phenoxy) is 1. The van der Waals surface area contributed by atoms with Crippen molar-refractivity contribution < 1.29 is 18.8 Å². The Hall–Kier alpha value is -1.89. The van der Waals surface area contributed by atoms with Crippen LogP contribution in [0.2, 0.25) is 0 Å². The first-order valence-electron chi connectivity index (χ1n) is 8.40. The largest absolute Gasteiger partial charge is 0.376 e. The molecule has 7 heteroatoms. The van der Waals surface area contributed by atoms with Crippen molar-refractivity contribution in [3.63, 3.8) is 0 Å². The average molecular weight is 337 g/mol. The zero-order valence-corrected chi connectivity index (χ0v) is 14.9. The molecule has 134 valence electrons. The second-order valence-corrected chi connectivity index (χ2v) is 7.26. The van der Waals surface area contributed by atoms with Crippen molar-refractivity contribution in [2.45, 2.75) is 58.6 Å². The molecule has 0 bridgehead atoms. The van der Waals surface area contributed by atoms with Gasteiger partial charge in [0.05, 0.1) is 6.10 Å². The summed E-state index contributed by atoms with van der Waals surface area (Å²) in [6, 6.07) is 1.61. The van der Waals surface area contributed by atoms with E-state index in [1.54, 1.807) is 17.9 Å². The number of aromatic nitrogens is 1. The number of hydrogen-bond donors (Lipinski definition) is 1. The molecule has 1 saturated heterocycles. The van der Waals surface area contributed by atoms with Gasteiger partial charge < -0.3 is 19.5 Å². The maximum absolute atomic E-state index is 12.7. The third-order valence-corrected chi connectivity index (χ3v) is 3.71. The minimum atomic E-state index is -0.288. The Morgan fingerprint density at radius 1 is 1.42 bits per heavy atom. The van der Waals surface area contributed by atoms with Crippen molar-refractivity contribution in [1.82, 2.24) is 15.4 Å². The first-order chi connectivity index (χ1) is 11.2. The summed E-state index contributed by atoms with van der Waals surface area (Å²) in [6.45, 7) is 9.04. The van der Waals surface area contributed by atoms with Gasteiger partial charge in [0.15, 0.2) is 5.69 Å². The normalized spacial score (nSPS) is 17.8. The molecule has 2 rings (SSSR count). The molecule has 1 aromatic rings. The van der Waals surface area contributed by atoms with Gasteiger partial charge in [-0.05, 0) is 40.5 Å². The summed E-state index contributed by atoms with van der Waals surface area (Å²) >= 11 is 0. The molecule has 7 nitrogen and oxygen atoms in total. The molecule has 1 aliphatic heterocycles. The number of carbonyl (C=O) groups is 2. The van der Waals surface area contributed by atoms with Gasteiger partial charge in [0.2, 0.25) is 5.91 Å². The highest BCUT2D eigenvalue weighted by Gasteiger charge is 2.26. The van der Waals surface area contributed by atoms with Gasteiger partial charge in [-0.2, -0.15) is 0 Å². The molecule has 0 spiro atoms. The van der Waals surface area contributed by atoms with Crippen molar-refractivity contribution in [3.05, 3.63) is 17.5 Å². The Morgan fingerprint density at radius 3 is 2.71 bits per heavy atom. The monoisotopic (exact) mass is 337 g/mol. The van der Waals surface area contributed by atoms with E-state index in [-0.39, 0.29) is 35.6 Å². The molecule has 0 aliphatic carbocycles. The van der Waals surface area contributed by atoms with E-state index in [1.165, 1.54) is 0 Å². The summed E-state index contributed by atoms with van der Waals surface area (Å²) in [4.78, 5) is 26.3. The lowest BCUT2D eigenvalue weighted by molar-refractivity contribution is -0.122. The van der Waals surface area contributed by atoms with E-state index >= 15 is 0 Å². The molecule has 2 amide bonds. The van der Waals surface area contributed by atoms with Crippen molar-refractivity contribution in [2.75, 3.05) is 19.7 Å². The Bertz CT molecular complexity index is 571. The van der Waals surface area contributed by atoms with Crippen molar-refractivity contribution in [2.24, 2.45) is 0 Å². The highest BCUT2D eigenvalue weighted by Crippen LogP contribution is 2.15. The molecule has 0 radical (unpaired) electrons. The zero-order chi connectivity index (χ0) is 17.7. The molecule has 1 fully saturated rings. The number of nitrogens with one attached hydrogen (secondary N) is 1. The van der Waals surface area contributed by atoms with E-state index in [9.17, 15) is 9.59 Å². The standard InChI is InChI=1S/C17H27N3O4/c1-12-10-14(19-24-12)16(22)20(11-13-6-5-9-23-13)8-7-15(21)18-17(2,3)4/h10,13H,5-9,11H2,1-4H3,(H,18,21). The maximum atomic E-state index is 12.7. The minimum absolute atomic E-state index is 0.0209. The van der Waals surface area contributed by atoms with Crippen LogP contribution in [0.5, 0.6) is 0 Å². The number of aryl methyl sites for hydroxylation is 1. The highest BCUT2D eigenvalue weighted by atomic mass is 16.5.